The van der Waals surface area contributed by atoms with Gasteiger partial charge in [-0.05, 0) is 87.5 Å². The van der Waals surface area contributed by atoms with Crippen LogP contribution in [0.15, 0.2) is 0 Å². The van der Waals surface area contributed by atoms with Gasteiger partial charge in [-0.3, -0.25) is 24.0 Å². The standard InChI is InChI=1S/C15H28O4.C14H26O4.C9H19NO3/c1-7-9-15(5,6)13(17)19-11-10-18-12(16)14(3,4)8-2;1-6-8-11(3)12(15)17-9-10-18-13(16)14(4,5)7-2;1-4-9(2,3)8(12)13-6-7(11)5-10/h7-11H2,1-6H3;11H,6-10H2,1-5H3;7,11H,4-6,10H2,1-3H3. The van der Waals surface area contributed by atoms with E-state index >= 15 is 0 Å². The van der Waals surface area contributed by atoms with Crippen LogP contribution in [-0.2, 0) is 47.7 Å². The number of aliphatic hydroxyl groups is 1. The van der Waals surface area contributed by atoms with E-state index in [-0.39, 0.29) is 75.3 Å². The summed E-state index contributed by atoms with van der Waals surface area (Å²) in [5, 5.41) is 9.04. The minimum Gasteiger partial charge on any atom is -0.462 e. The van der Waals surface area contributed by atoms with Gasteiger partial charge in [0.2, 0.25) is 0 Å². The van der Waals surface area contributed by atoms with Crippen LogP contribution >= 0.6 is 0 Å². The van der Waals surface area contributed by atoms with Crippen molar-refractivity contribution >= 4 is 29.8 Å². The van der Waals surface area contributed by atoms with Gasteiger partial charge < -0.3 is 34.5 Å². The van der Waals surface area contributed by atoms with E-state index in [1.165, 1.54) is 0 Å². The Kier molecular flexibility index (Phi) is 27.0. The van der Waals surface area contributed by atoms with Crippen molar-refractivity contribution in [1.82, 2.24) is 0 Å². The van der Waals surface area contributed by atoms with Crippen LogP contribution in [0.4, 0.5) is 0 Å². The van der Waals surface area contributed by atoms with E-state index in [1.807, 2.05) is 96.9 Å². The van der Waals surface area contributed by atoms with E-state index in [4.69, 9.17) is 34.5 Å². The normalized spacial score (nSPS) is 12.9. The van der Waals surface area contributed by atoms with Crippen molar-refractivity contribution in [3.8, 4) is 0 Å². The monoisotopic (exact) mass is 720 g/mol. The summed E-state index contributed by atoms with van der Waals surface area (Å²) >= 11 is 0. The number of rotatable bonds is 21. The quantitative estimate of drug-likeness (QED) is 0.0742. The molecule has 0 amide bonds. The highest BCUT2D eigenvalue weighted by atomic mass is 16.6. The van der Waals surface area contributed by atoms with Gasteiger partial charge in [-0.1, -0.05) is 54.4 Å². The number of nitrogens with two attached hydrogens (primary N) is 1. The Bertz CT molecular complexity index is 989. The lowest BCUT2D eigenvalue weighted by Gasteiger charge is -2.22. The highest BCUT2D eigenvalue weighted by Crippen LogP contribution is 2.25. The van der Waals surface area contributed by atoms with E-state index in [0.717, 1.165) is 38.5 Å². The molecule has 0 aromatic heterocycles. The summed E-state index contributed by atoms with van der Waals surface area (Å²) in [6.45, 7) is 27.0. The second kappa shape index (κ2) is 26.1. The van der Waals surface area contributed by atoms with E-state index in [1.54, 1.807) is 0 Å². The maximum atomic E-state index is 11.8. The highest BCUT2D eigenvalue weighted by molar-refractivity contribution is 5.77. The van der Waals surface area contributed by atoms with E-state index in [0.29, 0.717) is 6.42 Å². The molecule has 0 heterocycles. The van der Waals surface area contributed by atoms with E-state index < -0.39 is 27.8 Å². The maximum absolute atomic E-state index is 11.8. The second-order valence-corrected chi connectivity index (χ2v) is 15.1. The molecule has 0 aliphatic carbocycles. The molecule has 0 aliphatic heterocycles. The molecule has 0 aromatic rings. The molecule has 0 bridgehead atoms. The molecule has 0 fully saturated rings. The molecular weight excluding hydrogens is 646 g/mol. The third-order valence-electron chi connectivity index (χ3n) is 8.65. The summed E-state index contributed by atoms with van der Waals surface area (Å²) in [6.07, 6.45) is 4.89. The minimum absolute atomic E-state index is 0.0151. The molecule has 296 valence electrons. The third kappa shape index (κ3) is 22.9. The predicted octanol–water partition coefficient (Wildman–Crippen LogP) is 6.57. The number of hydrogen-bond acceptors (Lipinski definition) is 12. The zero-order valence-corrected chi connectivity index (χ0v) is 34.0. The van der Waals surface area contributed by atoms with E-state index in [9.17, 15) is 24.0 Å². The summed E-state index contributed by atoms with van der Waals surface area (Å²) in [5.74, 6) is -1.33. The molecular formula is C38H73NO11. The zero-order chi connectivity index (χ0) is 39.8. The van der Waals surface area contributed by atoms with Crippen LogP contribution in [-0.4, -0.2) is 80.6 Å². The maximum Gasteiger partial charge on any atom is 0.311 e. The Morgan fingerprint density at radius 1 is 0.560 bits per heavy atom. The molecule has 2 atom stereocenters. The Balaban J connectivity index is -0.000000675. The summed E-state index contributed by atoms with van der Waals surface area (Å²) in [7, 11) is 0. The first-order valence-corrected chi connectivity index (χ1v) is 18.2. The van der Waals surface area contributed by atoms with Gasteiger partial charge in [0.25, 0.3) is 0 Å². The number of aliphatic hydroxyl groups excluding tert-OH is 1. The van der Waals surface area contributed by atoms with Gasteiger partial charge in [0.15, 0.2) is 0 Å². The van der Waals surface area contributed by atoms with Gasteiger partial charge >= 0.3 is 29.8 Å². The lowest BCUT2D eigenvalue weighted by molar-refractivity contribution is -0.163. The lowest BCUT2D eigenvalue weighted by atomic mass is 9.88. The Morgan fingerprint density at radius 3 is 1.22 bits per heavy atom. The fourth-order valence-corrected chi connectivity index (χ4v) is 3.42. The number of esters is 5. The van der Waals surface area contributed by atoms with Crippen molar-refractivity contribution in [3.63, 3.8) is 0 Å². The lowest BCUT2D eigenvalue weighted by Crippen LogP contribution is -2.32. The van der Waals surface area contributed by atoms with Crippen molar-refractivity contribution in [2.75, 3.05) is 39.6 Å². The van der Waals surface area contributed by atoms with Gasteiger partial charge in [0.05, 0.1) is 27.6 Å². The second-order valence-electron chi connectivity index (χ2n) is 15.1. The van der Waals surface area contributed by atoms with Crippen molar-refractivity contribution in [2.24, 2.45) is 33.3 Å². The summed E-state index contributed by atoms with van der Waals surface area (Å²) in [6, 6.07) is 0. The average Bonchev–Trinajstić information content (AvgIpc) is 3.07. The number of ether oxygens (including phenoxy) is 5. The average molecular weight is 720 g/mol. The minimum atomic E-state index is -0.753. The van der Waals surface area contributed by atoms with Crippen LogP contribution in [0.1, 0.15) is 142 Å². The fourth-order valence-electron chi connectivity index (χ4n) is 3.42. The van der Waals surface area contributed by atoms with Gasteiger partial charge in [-0.15, -0.1) is 0 Å². The molecule has 3 N–H and O–H groups in total. The molecule has 2 unspecified atom stereocenters. The summed E-state index contributed by atoms with van der Waals surface area (Å²) in [5.41, 5.74) is 3.26. The number of hydrogen-bond donors (Lipinski definition) is 2. The van der Waals surface area contributed by atoms with Crippen molar-refractivity contribution in [2.45, 2.75) is 148 Å². The molecule has 0 aliphatic rings. The van der Waals surface area contributed by atoms with Crippen LogP contribution in [0.2, 0.25) is 0 Å². The Hall–Kier alpha value is -2.73. The van der Waals surface area contributed by atoms with Crippen LogP contribution in [0.25, 0.3) is 0 Å². The van der Waals surface area contributed by atoms with Crippen LogP contribution in [0.3, 0.4) is 0 Å². The van der Waals surface area contributed by atoms with Crippen molar-refractivity contribution in [1.29, 1.82) is 0 Å². The molecule has 12 nitrogen and oxygen atoms in total. The number of carbonyl (C=O) groups excluding carboxylic acids is 5. The molecule has 0 saturated heterocycles. The Morgan fingerprint density at radius 2 is 0.900 bits per heavy atom. The fraction of sp³-hybridized carbons (Fsp3) is 0.868. The summed E-state index contributed by atoms with van der Waals surface area (Å²) in [4.78, 5) is 57.9. The molecule has 12 heteroatoms. The number of carbonyl (C=O) groups is 5. The summed E-state index contributed by atoms with van der Waals surface area (Å²) < 4.78 is 25.2. The largest absolute Gasteiger partial charge is 0.462 e. The van der Waals surface area contributed by atoms with Gasteiger partial charge in [0.1, 0.15) is 39.1 Å². The highest BCUT2D eigenvalue weighted by Gasteiger charge is 2.30. The van der Waals surface area contributed by atoms with Crippen molar-refractivity contribution in [3.05, 3.63) is 0 Å². The van der Waals surface area contributed by atoms with Crippen LogP contribution < -0.4 is 5.73 Å². The van der Waals surface area contributed by atoms with Gasteiger partial charge in [-0.25, -0.2) is 0 Å². The van der Waals surface area contributed by atoms with Crippen LogP contribution in [0, 0.1) is 27.6 Å². The van der Waals surface area contributed by atoms with Crippen LogP contribution in [0.5, 0.6) is 0 Å². The van der Waals surface area contributed by atoms with Gasteiger partial charge in [0, 0.05) is 6.54 Å². The van der Waals surface area contributed by atoms with Gasteiger partial charge in [-0.2, -0.15) is 0 Å². The molecule has 50 heavy (non-hydrogen) atoms. The van der Waals surface area contributed by atoms with E-state index in [2.05, 4.69) is 0 Å². The molecule has 0 saturated carbocycles. The first kappa shape index (κ1) is 51.6. The SMILES string of the molecule is CCC(C)(C)C(=O)OCC(O)CN.CCCC(C)(C)C(=O)OCCOC(=O)C(C)(C)CC.CCCC(C)C(=O)OCCOC(=O)C(C)(C)CC. The molecule has 0 rings (SSSR count). The topological polar surface area (TPSA) is 178 Å². The smallest absolute Gasteiger partial charge is 0.311 e. The predicted molar refractivity (Wildman–Crippen MR) is 195 cm³/mol. The zero-order valence-electron chi connectivity index (χ0n) is 34.0. The molecule has 0 spiro atoms. The molecule has 0 radical (unpaired) electrons. The van der Waals surface area contributed by atoms with Crippen molar-refractivity contribution < 1.29 is 52.8 Å². The Labute approximate surface area is 303 Å². The molecule has 0 aromatic carbocycles. The third-order valence-corrected chi connectivity index (χ3v) is 8.65. The first-order valence-electron chi connectivity index (χ1n) is 18.2. The first-order chi connectivity index (χ1) is 23.0.